The van der Waals surface area contributed by atoms with Crippen LogP contribution in [0.2, 0.25) is 0 Å². The molecule has 0 aromatic carbocycles. The van der Waals surface area contributed by atoms with Crippen molar-refractivity contribution >= 4 is 11.3 Å². The summed E-state index contributed by atoms with van der Waals surface area (Å²) in [5.41, 5.74) is 6.62. The summed E-state index contributed by atoms with van der Waals surface area (Å²) in [6.07, 6.45) is 7.24. The van der Waals surface area contributed by atoms with E-state index < -0.39 is 0 Å². The van der Waals surface area contributed by atoms with Crippen LogP contribution in [-0.4, -0.2) is 18.2 Å². The summed E-state index contributed by atoms with van der Waals surface area (Å²) in [7, 11) is 0. The molecule has 2 aliphatic rings. The van der Waals surface area contributed by atoms with Gasteiger partial charge < -0.3 is 10.5 Å². The van der Waals surface area contributed by atoms with E-state index in [4.69, 9.17) is 10.5 Å². The van der Waals surface area contributed by atoms with Gasteiger partial charge in [-0.2, -0.15) is 0 Å². The summed E-state index contributed by atoms with van der Waals surface area (Å²) in [6.45, 7) is 0.919. The summed E-state index contributed by atoms with van der Waals surface area (Å²) < 4.78 is 5.96. The zero-order chi connectivity index (χ0) is 11.7. The fraction of sp³-hybridized carbons (Fsp3) is 0.714. The van der Waals surface area contributed by atoms with Crippen LogP contribution in [0.15, 0.2) is 17.5 Å². The van der Waals surface area contributed by atoms with E-state index in [-0.39, 0.29) is 5.60 Å². The highest BCUT2D eigenvalue weighted by Gasteiger charge is 2.43. The van der Waals surface area contributed by atoms with Gasteiger partial charge in [-0.1, -0.05) is 6.07 Å². The normalized spacial score (nSPS) is 28.9. The van der Waals surface area contributed by atoms with Gasteiger partial charge in [0.15, 0.2) is 0 Å². The monoisotopic (exact) mass is 251 g/mol. The predicted molar refractivity (Wildman–Crippen MR) is 71.3 cm³/mol. The molecule has 0 amide bonds. The Hall–Kier alpha value is -0.380. The number of rotatable bonds is 3. The third kappa shape index (κ3) is 2.42. The minimum Gasteiger partial charge on any atom is -0.375 e. The van der Waals surface area contributed by atoms with Gasteiger partial charge >= 0.3 is 0 Å². The van der Waals surface area contributed by atoms with Crippen LogP contribution < -0.4 is 5.73 Å². The van der Waals surface area contributed by atoms with Crippen LogP contribution in [0.25, 0.3) is 0 Å². The Morgan fingerprint density at radius 2 is 2.41 bits per heavy atom. The Morgan fingerprint density at radius 3 is 3.06 bits per heavy atom. The number of hydrogen-bond donors (Lipinski definition) is 1. The van der Waals surface area contributed by atoms with Crippen LogP contribution in [-0.2, 0) is 11.2 Å². The molecule has 1 spiro atoms. The molecule has 94 valence electrons. The average Bonchev–Trinajstić information content (AvgIpc) is 2.80. The van der Waals surface area contributed by atoms with Gasteiger partial charge in [0.25, 0.3) is 0 Å². The summed E-state index contributed by atoms with van der Waals surface area (Å²) in [4.78, 5) is 1.42. The topological polar surface area (TPSA) is 35.2 Å². The maximum atomic E-state index is 6.39. The molecule has 1 saturated carbocycles. The van der Waals surface area contributed by atoms with Crippen molar-refractivity contribution < 1.29 is 4.74 Å². The first-order chi connectivity index (χ1) is 8.27. The van der Waals surface area contributed by atoms with Crippen LogP contribution in [0.4, 0.5) is 0 Å². The highest BCUT2D eigenvalue weighted by Crippen LogP contribution is 2.45. The van der Waals surface area contributed by atoms with E-state index in [1.165, 1.54) is 30.6 Å². The number of thiophene rings is 1. The highest BCUT2D eigenvalue weighted by atomic mass is 32.1. The third-order valence-corrected chi connectivity index (χ3v) is 5.32. The van der Waals surface area contributed by atoms with Crippen molar-refractivity contribution in [2.24, 2.45) is 11.7 Å². The molecule has 1 saturated heterocycles. The smallest absolute Gasteiger partial charge is 0.0685 e. The van der Waals surface area contributed by atoms with Crippen molar-refractivity contribution in [2.75, 3.05) is 6.61 Å². The van der Waals surface area contributed by atoms with Crippen molar-refractivity contribution in [3.63, 3.8) is 0 Å². The second kappa shape index (κ2) is 4.71. The molecule has 3 heteroatoms. The van der Waals surface area contributed by atoms with Crippen molar-refractivity contribution in [2.45, 2.75) is 50.2 Å². The molecule has 1 aliphatic heterocycles. The van der Waals surface area contributed by atoms with Gasteiger partial charge in [-0.25, -0.2) is 0 Å². The molecule has 0 bridgehead atoms. The van der Waals surface area contributed by atoms with Crippen molar-refractivity contribution in [1.82, 2.24) is 0 Å². The molecule has 2 atom stereocenters. The summed E-state index contributed by atoms with van der Waals surface area (Å²) in [6, 6.07) is 4.63. The van der Waals surface area contributed by atoms with E-state index in [0.717, 1.165) is 19.4 Å². The molecular formula is C14H21NOS. The first kappa shape index (κ1) is 11.7. The molecule has 2 heterocycles. The lowest BCUT2D eigenvalue weighted by Crippen LogP contribution is -2.49. The molecule has 2 nitrogen and oxygen atoms in total. The second-order valence-electron chi connectivity index (χ2n) is 5.59. The third-order valence-electron chi connectivity index (χ3n) is 4.42. The zero-order valence-electron chi connectivity index (χ0n) is 10.2. The Labute approximate surface area is 107 Å². The number of ether oxygens (including phenoxy) is 1. The SMILES string of the molecule is NC(Cc1cccs1)C1CCOC2(CCC2)C1. The molecule has 17 heavy (non-hydrogen) atoms. The largest absolute Gasteiger partial charge is 0.375 e. The van der Waals surface area contributed by atoms with Crippen LogP contribution in [0, 0.1) is 5.92 Å². The van der Waals surface area contributed by atoms with Gasteiger partial charge in [0, 0.05) is 17.5 Å². The number of hydrogen-bond acceptors (Lipinski definition) is 3. The van der Waals surface area contributed by atoms with Crippen molar-refractivity contribution in [3.8, 4) is 0 Å². The Morgan fingerprint density at radius 1 is 1.53 bits per heavy atom. The highest BCUT2D eigenvalue weighted by molar-refractivity contribution is 7.09. The molecule has 1 aromatic heterocycles. The van der Waals surface area contributed by atoms with Crippen molar-refractivity contribution in [3.05, 3.63) is 22.4 Å². The van der Waals surface area contributed by atoms with Crippen LogP contribution in [0.5, 0.6) is 0 Å². The molecule has 3 rings (SSSR count). The molecule has 2 N–H and O–H groups in total. The average molecular weight is 251 g/mol. The van der Waals surface area contributed by atoms with E-state index in [0.29, 0.717) is 12.0 Å². The summed E-state index contributed by atoms with van der Waals surface area (Å²) in [5, 5.41) is 2.14. The van der Waals surface area contributed by atoms with E-state index in [2.05, 4.69) is 17.5 Å². The van der Waals surface area contributed by atoms with Gasteiger partial charge in [-0.3, -0.25) is 0 Å². The summed E-state index contributed by atoms with van der Waals surface area (Å²) in [5.74, 6) is 0.658. The van der Waals surface area contributed by atoms with E-state index >= 15 is 0 Å². The van der Waals surface area contributed by atoms with Gasteiger partial charge in [0.2, 0.25) is 0 Å². The quantitative estimate of drug-likeness (QED) is 0.896. The molecule has 1 aromatic rings. The second-order valence-corrected chi connectivity index (χ2v) is 6.62. The fourth-order valence-electron chi connectivity index (χ4n) is 3.18. The molecular weight excluding hydrogens is 230 g/mol. The Balaban J connectivity index is 1.59. The Kier molecular flexibility index (Phi) is 3.24. The first-order valence-corrected chi connectivity index (χ1v) is 7.57. The van der Waals surface area contributed by atoms with Crippen molar-refractivity contribution in [1.29, 1.82) is 0 Å². The lowest BCUT2D eigenvalue weighted by molar-refractivity contribution is -0.145. The maximum Gasteiger partial charge on any atom is 0.0685 e. The lowest BCUT2D eigenvalue weighted by Gasteiger charge is -2.48. The predicted octanol–water partition coefficient (Wildman–Crippen LogP) is 2.97. The lowest BCUT2D eigenvalue weighted by atomic mass is 9.70. The minimum atomic E-state index is 0.232. The minimum absolute atomic E-state index is 0.232. The maximum absolute atomic E-state index is 6.39. The van der Waals surface area contributed by atoms with Gasteiger partial charge in [0.1, 0.15) is 0 Å². The van der Waals surface area contributed by atoms with Crippen LogP contribution in [0.3, 0.4) is 0 Å². The number of nitrogens with two attached hydrogens (primary N) is 1. The molecule has 2 unspecified atom stereocenters. The van der Waals surface area contributed by atoms with E-state index in [1.54, 1.807) is 0 Å². The van der Waals surface area contributed by atoms with Crippen LogP contribution >= 0.6 is 11.3 Å². The van der Waals surface area contributed by atoms with Crippen LogP contribution in [0.1, 0.15) is 37.0 Å². The molecule has 0 radical (unpaired) electrons. The van der Waals surface area contributed by atoms with Gasteiger partial charge in [0.05, 0.1) is 5.60 Å². The standard InChI is InChI=1S/C14H21NOS/c15-13(9-12-3-1-8-17-12)11-4-7-16-14(10-11)5-2-6-14/h1,3,8,11,13H,2,4-7,9-10,15H2. The van der Waals surface area contributed by atoms with Gasteiger partial charge in [-0.05, 0) is 55.9 Å². The fourth-order valence-corrected chi connectivity index (χ4v) is 3.96. The van der Waals surface area contributed by atoms with Gasteiger partial charge in [-0.15, -0.1) is 11.3 Å². The first-order valence-electron chi connectivity index (χ1n) is 6.69. The molecule has 2 fully saturated rings. The molecule has 1 aliphatic carbocycles. The van der Waals surface area contributed by atoms with E-state index in [1.807, 2.05) is 11.3 Å². The zero-order valence-corrected chi connectivity index (χ0v) is 11.0. The summed E-state index contributed by atoms with van der Waals surface area (Å²) >= 11 is 1.82. The Bertz CT molecular complexity index is 358. The van der Waals surface area contributed by atoms with E-state index in [9.17, 15) is 0 Å².